The molecule has 0 saturated heterocycles. The van der Waals surface area contributed by atoms with Gasteiger partial charge in [0.1, 0.15) is 0 Å². The molecule has 0 radical (unpaired) electrons. The third-order valence-electron chi connectivity index (χ3n) is 1.93. The number of nitrogens with zero attached hydrogens (tertiary/aromatic N) is 2. The number of nitrogens with two attached hydrogens (primary N) is 1. The van der Waals surface area contributed by atoms with Gasteiger partial charge in [-0.25, -0.2) is 0 Å². The molecule has 4 nitrogen and oxygen atoms in total. The first kappa shape index (κ1) is 9.22. The molecule has 1 aromatic heterocycles. The molecule has 0 aliphatic carbocycles. The van der Waals surface area contributed by atoms with Crippen LogP contribution >= 0.6 is 0 Å². The summed E-state index contributed by atoms with van der Waals surface area (Å²) in [6, 6.07) is 2.21. The Hall–Kier alpha value is -0.870. The zero-order valence-electron chi connectivity index (χ0n) is 7.83. The third kappa shape index (κ3) is 1.65. The van der Waals surface area contributed by atoms with Crippen LogP contribution in [0.1, 0.15) is 31.3 Å². The first-order valence-corrected chi connectivity index (χ1v) is 4.19. The molecule has 12 heavy (non-hydrogen) atoms. The molecule has 0 amide bonds. The van der Waals surface area contributed by atoms with Gasteiger partial charge in [-0.3, -0.25) is 16.0 Å². The Balaban J connectivity index is 2.96. The number of rotatable bonds is 3. The minimum absolute atomic E-state index is 0.158. The van der Waals surface area contributed by atoms with Gasteiger partial charge in [0.25, 0.3) is 0 Å². The van der Waals surface area contributed by atoms with Crippen LogP contribution in [0.3, 0.4) is 0 Å². The summed E-state index contributed by atoms with van der Waals surface area (Å²) < 4.78 is 1.96. The average molecular weight is 168 g/mol. The minimum atomic E-state index is 0.158. The average Bonchev–Trinajstić information content (AvgIpc) is 2.45. The molecule has 0 aromatic carbocycles. The number of hydrazine groups is 1. The van der Waals surface area contributed by atoms with Crippen LogP contribution in [-0.2, 0) is 6.54 Å². The molecular formula is C8H16N4. The first-order chi connectivity index (χ1) is 5.69. The summed E-state index contributed by atoms with van der Waals surface area (Å²) in [6.07, 6.45) is 0. The standard InChI is InChI=1S/C8H16N4/c1-4-12-8(7(3)10-9)5-6(2)11-12/h5,7,10H,4,9H2,1-3H3. The Morgan fingerprint density at radius 1 is 1.75 bits per heavy atom. The fourth-order valence-electron chi connectivity index (χ4n) is 1.25. The van der Waals surface area contributed by atoms with E-state index >= 15 is 0 Å². The number of hydrogen-bond donors (Lipinski definition) is 2. The van der Waals surface area contributed by atoms with Crippen LogP contribution in [0, 0.1) is 6.92 Å². The van der Waals surface area contributed by atoms with E-state index in [1.165, 1.54) is 0 Å². The number of nitrogens with one attached hydrogen (secondary N) is 1. The maximum atomic E-state index is 5.35. The minimum Gasteiger partial charge on any atom is -0.271 e. The molecule has 1 heterocycles. The summed E-state index contributed by atoms with van der Waals surface area (Å²) in [6.45, 7) is 6.95. The topological polar surface area (TPSA) is 55.9 Å². The Morgan fingerprint density at radius 2 is 2.42 bits per heavy atom. The molecule has 68 valence electrons. The Morgan fingerprint density at radius 3 is 2.92 bits per heavy atom. The molecule has 1 unspecified atom stereocenters. The summed E-state index contributed by atoms with van der Waals surface area (Å²) in [5, 5.41) is 4.32. The number of hydrogen-bond acceptors (Lipinski definition) is 3. The van der Waals surface area contributed by atoms with E-state index in [-0.39, 0.29) is 6.04 Å². The fourth-order valence-corrected chi connectivity index (χ4v) is 1.25. The maximum absolute atomic E-state index is 5.35. The van der Waals surface area contributed by atoms with Crippen molar-refractivity contribution in [3.05, 3.63) is 17.5 Å². The van der Waals surface area contributed by atoms with Gasteiger partial charge in [0.15, 0.2) is 0 Å². The first-order valence-electron chi connectivity index (χ1n) is 4.19. The van der Waals surface area contributed by atoms with Crippen molar-refractivity contribution < 1.29 is 0 Å². The molecule has 0 aliphatic rings. The summed E-state index contributed by atoms with van der Waals surface area (Å²) in [5.41, 5.74) is 4.88. The van der Waals surface area contributed by atoms with Crippen molar-refractivity contribution in [2.45, 2.75) is 33.4 Å². The number of aromatic nitrogens is 2. The van der Waals surface area contributed by atoms with Crippen molar-refractivity contribution in [1.29, 1.82) is 0 Å². The van der Waals surface area contributed by atoms with E-state index in [4.69, 9.17) is 5.84 Å². The van der Waals surface area contributed by atoms with Gasteiger partial charge in [-0.05, 0) is 26.8 Å². The Labute approximate surface area is 72.7 Å². The predicted molar refractivity (Wildman–Crippen MR) is 48.4 cm³/mol. The lowest BCUT2D eigenvalue weighted by Crippen LogP contribution is -2.27. The quantitative estimate of drug-likeness (QED) is 0.517. The van der Waals surface area contributed by atoms with Crippen molar-refractivity contribution in [2.24, 2.45) is 5.84 Å². The lowest BCUT2D eigenvalue weighted by Gasteiger charge is -2.10. The van der Waals surface area contributed by atoms with E-state index in [9.17, 15) is 0 Å². The highest BCUT2D eigenvalue weighted by molar-refractivity contribution is 5.12. The van der Waals surface area contributed by atoms with Crippen LogP contribution < -0.4 is 11.3 Å². The highest BCUT2D eigenvalue weighted by Gasteiger charge is 2.09. The normalized spacial score (nSPS) is 13.3. The molecule has 0 bridgehead atoms. The lowest BCUT2D eigenvalue weighted by atomic mass is 10.2. The predicted octanol–water partition coefficient (Wildman–Crippen LogP) is 0.736. The second-order valence-corrected chi connectivity index (χ2v) is 2.91. The summed E-state index contributed by atoms with van der Waals surface area (Å²) >= 11 is 0. The van der Waals surface area contributed by atoms with Crippen molar-refractivity contribution >= 4 is 0 Å². The highest BCUT2D eigenvalue weighted by Crippen LogP contribution is 2.12. The van der Waals surface area contributed by atoms with E-state index < -0.39 is 0 Å². The van der Waals surface area contributed by atoms with Gasteiger partial charge in [0, 0.05) is 6.54 Å². The van der Waals surface area contributed by atoms with E-state index in [1.807, 2.05) is 24.6 Å². The summed E-state index contributed by atoms with van der Waals surface area (Å²) in [5.74, 6) is 5.35. The molecule has 0 spiro atoms. The van der Waals surface area contributed by atoms with Gasteiger partial charge in [-0.1, -0.05) is 0 Å². The molecule has 1 aromatic rings. The SMILES string of the molecule is CCn1nc(C)cc1C(C)NN. The van der Waals surface area contributed by atoms with Crippen LogP contribution in [0.15, 0.2) is 6.07 Å². The molecule has 0 saturated carbocycles. The maximum Gasteiger partial charge on any atom is 0.0601 e. The van der Waals surface area contributed by atoms with Gasteiger partial charge >= 0.3 is 0 Å². The van der Waals surface area contributed by atoms with Gasteiger partial charge in [-0.15, -0.1) is 0 Å². The van der Waals surface area contributed by atoms with E-state index in [0.29, 0.717) is 0 Å². The molecule has 1 atom stereocenters. The second-order valence-electron chi connectivity index (χ2n) is 2.91. The summed E-state index contributed by atoms with van der Waals surface area (Å²) in [7, 11) is 0. The lowest BCUT2D eigenvalue weighted by molar-refractivity contribution is 0.521. The fraction of sp³-hybridized carbons (Fsp3) is 0.625. The van der Waals surface area contributed by atoms with Gasteiger partial charge in [0.05, 0.1) is 17.4 Å². The van der Waals surface area contributed by atoms with Gasteiger partial charge in [-0.2, -0.15) is 5.10 Å². The van der Waals surface area contributed by atoms with E-state index in [2.05, 4.69) is 17.4 Å². The summed E-state index contributed by atoms with van der Waals surface area (Å²) in [4.78, 5) is 0. The molecule has 1 rings (SSSR count). The zero-order valence-corrected chi connectivity index (χ0v) is 7.83. The van der Waals surface area contributed by atoms with Gasteiger partial charge in [0.2, 0.25) is 0 Å². The van der Waals surface area contributed by atoms with Crippen molar-refractivity contribution in [2.75, 3.05) is 0 Å². The molecule has 3 N–H and O–H groups in total. The molecule has 4 heteroatoms. The molecular weight excluding hydrogens is 152 g/mol. The smallest absolute Gasteiger partial charge is 0.0601 e. The monoisotopic (exact) mass is 168 g/mol. The van der Waals surface area contributed by atoms with Crippen LogP contribution in [-0.4, -0.2) is 9.78 Å². The Kier molecular flexibility index (Phi) is 2.83. The van der Waals surface area contributed by atoms with E-state index in [0.717, 1.165) is 17.9 Å². The van der Waals surface area contributed by atoms with Crippen LogP contribution in [0.25, 0.3) is 0 Å². The Bertz CT molecular complexity index is 254. The van der Waals surface area contributed by atoms with Crippen molar-refractivity contribution in [3.63, 3.8) is 0 Å². The van der Waals surface area contributed by atoms with Crippen LogP contribution in [0.2, 0.25) is 0 Å². The van der Waals surface area contributed by atoms with E-state index in [1.54, 1.807) is 0 Å². The largest absolute Gasteiger partial charge is 0.271 e. The second kappa shape index (κ2) is 3.69. The molecule has 0 fully saturated rings. The van der Waals surface area contributed by atoms with Crippen molar-refractivity contribution in [3.8, 4) is 0 Å². The van der Waals surface area contributed by atoms with Crippen molar-refractivity contribution in [1.82, 2.24) is 15.2 Å². The van der Waals surface area contributed by atoms with Crippen LogP contribution in [0.5, 0.6) is 0 Å². The molecule has 0 aliphatic heterocycles. The highest BCUT2D eigenvalue weighted by atomic mass is 15.3. The number of aryl methyl sites for hydroxylation is 2. The van der Waals surface area contributed by atoms with Crippen LogP contribution in [0.4, 0.5) is 0 Å². The zero-order chi connectivity index (χ0) is 9.14. The van der Waals surface area contributed by atoms with Gasteiger partial charge < -0.3 is 0 Å². The third-order valence-corrected chi connectivity index (χ3v) is 1.93.